The van der Waals surface area contributed by atoms with Crippen LogP contribution in [0.2, 0.25) is 0 Å². The van der Waals surface area contributed by atoms with Gasteiger partial charge in [-0.2, -0.15) is 0 Å². The molecular formula is C10H20O3. The van der Waals surface area contributed by atoms with Crippen molar-refractivity contribution in [3.63, 3.8) is 0 Å². The lowest BCUT2D eigenvalue weighted by Gasteiger charge is -2.05. The molecule has 1 atom stereocenters. The molecule has 0 rings (SSSR count). The summed E-state index contributed by atoms with van der Waals surface area (Å²) in [5.74, 6) is 0. The van der Waals surface area contributed by atoms with Crippen LogP contribution in [0.1, 0.15) is 19.8 Å². The quantitative estimate of drug-likeness (QED) is 0.438. The molecule has 0 aliphatic rings. The van der Waals surface area contributed by atoms with Gasteiger partial charge in [-0.1, -0.05) is 6.08 Å². The van der Waals surface area contributed by atoms with Gasteiger partial charge in [0.2, 0.25) is 0 Å². The number of aliphatic hydroxyl groups excluding tert-OH is 1. The molecule has 1 unspecified atom stereocenters. The molecule has 0 spiro atoms. The molecule has 0 aliphatic carbocycles. The third-order valence-electron chi connectivity index (χ3n) is 1.42. The topological polar surface area (TPSA) is 38.7 Å². The average molecular weight is 188 g/mol. The van der Waals surface area contributed by atoms with Gasteiger partial charge in [-0.15, -0.1) is 6.58 Å². The Labute approximate surface area is 80.4 Å². The van der Waals surface area contributed by atoms with Crippen molar-refractivity contribution in [2.45, 2.75) is 25.9 Å². The van der Waals surface area contributed by atoms with E-state index in [1.54, 1.807) is 13.0 Å². The average Bonchev–Trinajstić information content (AvgIpc) is 2.09. The van der Waals surface area contributed by atoms with Gasteiger partial charge in [-0.25, -0.2) is 0 Å². The summed E-state index contributed by atoms with van der Waals surface area (Å²) in [5, 5.41) is 8.86. The molecule has 3 heteroatoms. The molecule has 0 amide bonds. The van der Waals surface area contributed by atoms with Gasteiger partial charge in [0, 0.05) is 13.2 Å². The van der Waals surface area contributed by atoms with Crippen molar-refractivity contribution in [1.29, 1.82) is 0 Å². The van der Waals surface area contributed by atoms with Crippen LogP contribution in [0.25, 0.3) is 0 Å². The molecule has 1 N–H and O–H groups in total. The predicted molar refractivity (Wildman–Crippen MR) is 52.7 cm³/mol. The van der Waals surface area contributed by atoms with Gasteiger partial charge in [-0.05, 0) is 19.8 Å². The molecule has 3 nitrogen and oxygen atoms in total. The largest absolute Gasteiger partial charge is 0.391 e. The van der Waals surface area contributed by atoms with Gasteiger partial charge >= 0.3 is 0 Å². The molecule has 13 heavy (non-hydrogen) atoms. The van der Waals surface area contributed by atoms with Gasteiger partial charge < -0.3 is 14.6 Å². The lowest BCUT2D eigenvalue weighted by Crippen LogP contribution is -2.11. The second kappa shape index (κ2) is 9.71. The highest BCUT2D eigenvalue weighted by molar-refractivity contribution is 4.63. The molecule has 0 saturated heterocycles. The Kier molecular flexibility index (Phi) is 9.42. The first-order valence-corrected chi connectivity index (χ1v) is 4.71. The number of rotatable bonds is 9. The van der Waals surface area contributed by atoms with Crippen LogP contribution >= 0.6 is 0 Å². The third-order valence-corrected chi connectivity index (χ3v) is 1.42. The summed E-state index contributed by atoms with van der Waals surface area (Å²) in [4.78, 5) is 0. The van der Waals surface area contributed by atoms with Gasteiger partial charge in [0.05, 0.1) is 19.3 Å². The summed E-state index contributed by atoms with van der Waals surface area (Å²) < 4.78 is 10.4. The van der Waals surface area contributed by atoms with Gasteiger partial charge in [0.1, 0.15) is 0 Å². The Morgan fingerprint density at radius 2 is 1.92 bits per heavy atom. The molecule has 0 fully saturated rings. The molecule has 0 aromatic carbocycles. The normalized spacial score (nSPS) is 12.8. The van der Waals surface area contributed by atoms with E-state index in [4.69, 9.17) is 14.6 Å². The van der Waals surface area contributed by atoms with E-state index in [1.807, 2.05) is 0 Å². The lowest BCUT2D eigenvalue weighted by atomic mass is 10.3. The van der Waals surface area contributed by atoms with Gasteiger partial charge in [-0.3, -0.25) is 0 Å². The van der Waals surface area contributed by atoms with Crippen LogP contribution in [0.4, 0.5) is 0 Å². The SMILES string of the molecule is C=CCOCCCCOCC(C)O. The van der Waals surface area contributed by atoms with E-state index >= 15 is 0 Å². The highest BCUT2D eigenvalue weighted by atomic mass is 16.5. The van der Waals surface area contributed by atoms with Crippen molar-refractivity contribution in [2.75, 3.05) is 26.4 Å². The lowest BCUT2D eigenvalue weighted by molar-refractivity contribution is 0.0417. The van der Waals surface area contributed by atoms with Crippen molar-refractivity contribution in [2.24, 2.45) is 0 Å². The minimum Gasteiger partial charge on any atom is -0.391 e. The summed E-state index contributed by atoms with van der Waals surface area (Å²) in [7, 11) is 0. The van der Waals surface area contributed by atoms with E-state index < -0.39 is 0 Å². The second-order valence-electron chi connectivity index (χ2n) is 2.99. The van der Waals surface area contributed by atoms with E-state index in [0.29, 0.717) is 19.8 Å². The van der Waals surface area contributed by atoms with Crippen molar-refractivity contribution < 1.29 is 14.6 Å². The summed E-state index contributed by atoms with van der Waals surface area (Å²) in [6, 6.07) is 0. The summed E-state index contributed by atoms with van der Waals surface area (Å²) in [6.45, 7) is 7.76. The fourth-order valence-corrected chi connectivity index (χ4v) is 0.829. The number of aliphatic hydroxyl groups is 1. The van der Waals surface area contributed by atoms with Crippen LogP contribution in [0.15, 0.2) is 12.7 Å². The molecule has 0 aromatic rings. The van der Waals surface area contributed by atoms with E-state index in [2.05, 4.69) is 6.58 Å². The van der Waals surface area contributed by atoms with E-state index in [-0.39, 0.29) is 6.10 Å². The Bertz CT molecular complexity index is 113. The van der Waals surface area contributed by atoms with Crippen LogP contribution in [0.5, 0.6) is 0 Å². The Morgan fingerprint density at radius 1 is 1.31 bits per heavy atom. The van der Waals surface area contributed by atoms with Gasteiger partial charge in [0.15, 0.2) is 0 Å². The highest BCUT2D eigenvalue weighted by Crippen LogP contribution is 1.92. The van der Waals surface area contributed by atoms with Crippen LogP contribution < -0.4 is 0 Å². The van der Waals surface area contributed by atoms with E-state index in [1.165, 1.54) is 0 Å². The van der Waals surface area contributed by atoms with Crippen LogP contribution in [0.3, 0.4) is 0 Å². The number of unbranched alkanes of at least 4 members (excludes halogenated alkanes) is 1. The Morgan fingerprint density at radius 3 is 2.46 bits per heavy atom. The number of ether oxygens (including phenoxy) is 2. The first-order chi connectivity index (χ1) is 6.27. The molecule has 0 aromatic heterocycles. The predicted octanol–water partition coefficient (Wildman–Crippen LogP) is 1.37. The maximum atomic E-state index is 8.86. The summed E-state index contributed by atoms with van der Waals surface area (Å²) in [6.07, 6.45) is 3.35. The minimum absolute atomic E-state index is 0.364. The van der Waals surface area contributed by atoms with Gasteiger partial charge in [0.25, 0.3) is 0 Å². The minimum atomic E-state index is -0.364. The molecule has 0 saturated carbocycles. The molecule has 0 radical (unpaired) electrons. The third kappa shape index (κ3) is 11.6. The zero-order chi connectivity index (χ0) is 9.94. The van der Waals surface area contributed by atoms with Crippen molar-refractivity contribution in [3.8, 4) is 0 Å². The molecule has 0 bridgehead atoms. The Hall–Kier alpha value is -0.380. The maximum Gasteiger partial charge on any atom is 0.0745 e. The highest BCUT2D eigenvalue weighted by Gasteiger charge is 1.94. The first kappa shape index (κ1) is 12.6. The molecule has 78 valence electrons. The Balaban J connectivity index is 2.87. The fraction of sp³-hybridized carbons (Fsp3) is 0.800. The standard InChI is InChI=1S/C10H20O3/c1-3-6-12-7-4-5-8-13-9-10(2)11/h3,10-11H,1,4-9H2,2H3. The molecule has 0 aliphatic heterocycles. The van der Waals surface area contributed by atoms with E-state index in [9.17, 15) is 0 Å². The van der Waals surface area contributed by atoms with Crippen molar-refractivity contribution in [1.82, 2.24) is 0 Å². The van der Waals surface area contributed by atoms with Crippen molar-refractivity contribution >= 4 is 0 Å². The smallest absolute Gasteiger partial charge is 0.0745 e. The van der Waals surface area contributed by atoms with Crippen LogP contribution in [-0.2, 0) is 9.47 Å². The summed E-state index contributed by atoms with van der Waals surface area (Å²) in [5.41, 5.74) is 0. The van der Waals surface area contributed by atoms with Crippen LogP contribution in [-0.4, -0.2) is 37.6 Å². The summed E-state index contributed by atoms with van der Waals surface area (Å²) >= 11 is 0. The fourth-order valence-electron chi connectivity index (χ4n) is 0.829. The number of hydrogen-bond donors (Lipinski definition) is 1. The first-order valence-electron chi connectivity index (χ1n) is 4.71. The maximum absolute atomic E-state index is 8.86. The number of hydrogen-bond acceptors (Lipinski definition) is 3. The molecule has 0 heterocycles. The zero-order valence-corrected chi connectivity index (χ0v) is 8.37. The second-order valence-corrected chi connectivity index (χ2v) is 2.99. The monoisotopic (exact) mass is 188 g/mol. The molecular weight excluding hydrogens is 168 g/mol. The van der Waals surface area contributed by atoms with Crippen molar-refractivity contribution in [3.05, 3.63) is 12.7 Å². The van der Waals surface area contributed by atoms with Crippen LogP contribution in [0, 0.1) is 0 Å². The van der Waals surface area contributed by atoms with E-state index in [0.717, 1.165) is 19.4 Å². The zero-order valence-electron chi connectivity index (χ0n) is 8.37.